The number of piperazine rings is 1. The van der Waals surface area contributed by atoms with E-state index in [2.05, 4.69) is 4.90 Å². The molecule has 0 saturated carbocycles. The molecule has 0 spiro atoms. The number of hydrogen-bond donors (Lipinski definition) is 2. The molecule has 2 fully saturated rings. The van der Waals surface area contributed by atoms with Crippen LogP contribution in [0.25, 0.3) is 0 Å². The van der Waals surface area contributed by atoms with Crippen molar-refractivity contribution < 1.29 is 33.7 Å². The fraction of sp³-hybridized carbons (Fsp3) is 0.375. The molecule has 2 amide bonds. The van der Waals surface area contributed by atoms with Crippen LogP contribution in [0.1, 0.15) is 6.42 Å². The van der Waals surface area contributed by atoms with Gasteiger partial charge in [-0.1, -0.05) is 24.3 Å². The first-order valence-corrected chi connectivity index (χ1v) is 11.1. The van der Waals surface area contributed by atoms with Gasteiger partial charge < -0.3 is 24.7 Å². The largest absolute Gasteiger partial charge is 0.488 e. The lowest BCUT2D eigenvalue weighted by Crippen LogP contribution is -2.63. The molecule has 2 aromatic rings. The molecule has 2 N–H and O–H groups in total. The van der Waals surface area contributed by atoms with Gasteiger partial charge in [0, 0.05) is 44.4 Å². The third-order valence-electron chi connectivity index (χ3n) is 6.26. The van der Waals surface area contributed by atoms with Crippen molar-refractivity contribution in [3.63, 3.8) is 0 Å². The van der Waals surface area contributed by atoms with Crippen molar-refractivity contribution in [2.75, 3.05) is 37.6 Å². The number of amides is 2. The second-order valence-corrected chi connectivity index (χ2v) is 8.41. The van der Waals surface area contributed by atoms with Gasteiger partial charge in [0.15, 0.2) is 0 Å². The number of rotatable bonds is 5. The van der Waals surface area contributed by atoms with Crippen LogP contribution in [0.4, 0.5) is 14.9 Å². The average Bonchev–Trinajstić information content (AvgIpc) is 2.83. The Bertz CT molecular complexity index is 1020. The third-order valence-corrected chi connectivity index (χ3v) is 6.26. The first-order chi connectivity index (χ1) is 16.3. The number of hydrogen-bond acceptors (Lipinski definition) is 5. The smallest absolute Gasteiger partial charge is 0.408 e. The van der Waals surface area contributed by atoms with Gasteiger partial charge >= 0.3 is 12.1 Å². The molecule has 9 nitrogen and oxygen atoms in total. The third kappa shape index (κ3) is 5.05. The van der Waals surface area contributed by atoms with Crippen molar-refractivity contribution in [1.29, 1.82) is 0 Å². The van der Waals surface area contributed by atoms with Crippen LogP contribution >= 0.6 is 0 Å². The SMILES string of the molecule is O=C(O)[C@H]1C[C@H](Oc2cccc(F)c2)CN(C(=O)O)[C@@H]1C(=O)N1CCN(c2ccccc2)CC1. The van der Waals surface area contributed by atoms with Crippen LogP contribution in [0.5, 0.6) is 5.75 Å². The van der Waals surface area contributed by atoms with Crippen molar-refractivity contribution in [3.05, 3.63) is 60.4 Å². The summed E-state index contributed by atoms with van der Waals surface area (Å²) in [6, 6.07) is 13.7. The molecule has 2 heterocycles. The van der Waals surface area contributed by atoms with Crippen molar-refractivity contribution in [1.82, 2.24) is 9.80 Å². The Kier molecular flexibility index (Phi) is 6.85. The van der Waals surface area contributed by atoms with Crippen LogP contribution in [0.3, 0.4) is 0 Å². The van der Waals surface area contributed by atoms with E-state index < -0.39 is 41.9 Å². The van der Waals surface area contributed by atoms with Crippen LogP contribution in [0, 0.1) is 11.7 Å². The van der Waals surface area contributed by atoms with Gasteiger partial charge in [-0.25, -0.2) is 9.18 Å². The Balaban J connectivity index is 1.48. The van der Waals surface area contributed by atoms with Crippen molar-refractivity contribution in [2.45, 2.75) is 18.6 Å². The zero-order valence-corrected chi connectivity index (χ0v) is 18.4. The fourth-order valence-electron chi connectivity index (χ4n) is 4.60. The lowest BCUT2D eigenvalue weighted by molar-refractivity contribution is -0.156. The van der Waals surface area contributed by atoms with E-state index in [1.165, 1.54) is 23.1 Å². The van der Waals surface area contributed by atoms with E-state index in [-0.39, 0.29) is 18.7 Å². The van der Waals surface area contributed by atoms with E-state index >= 15 is 0 Å². The molecule has 180 valence electrons. The summed E-state index contributed by atoms with van der Waals surface area (Å²) in [4.78, 5) is 42.0. The highest BCUT2D eigenvalue weighted by Crippen LogP contribution is 2.30. The molecule has 10 heteroatoms. The van der Waals surface area contributed by atoms with E-state index in [0.29, 0.717) is 26.2 Å². The number of anilines is 1. The minimum atomic E-state index is -1.40. The highest BCUT2D eigenvalue weighted by atomic mass is 19.1. The van der Waals surface area contributed by atoms with Gasteiger partial charge in [-0.15, -0.1) is 0 Å². The summed E-state index contributed by atoms with van der Waals surface area (Å²) in [5.41, 5.74) is 1.03. The summed E-state index contributed by atoms with van der Waals surface area (Å²) in [5, 5.41) is 19.7. The fourth-order valence-corrected chi connectivity index (χ4v) is 4.60. The van der Waals surface area contributed by atoms with Gasteiger partial charge in [0.2, 0.25) is 5.91 Å². The topological polar surface area (TPSA) is 111 Å². The first-order valence-electron chi connectivity index (χ1n) is 11.1. The Morgan fingerprint density at radius 1 is 0.941 bits per heavy atom. The van der Waals surface area contributed by atoms with Gasteiger partial charge in [0.25, 0.3) is 0 Å². The molecule has 4 rings (SSSR count). The standard InChI is InChI=1S/C24H26FN3O6/c25-16-5-4-8-18(13-16)34-19-14-20(23(30)31)21(28(15-19)24(32)33)22(29)27-11-9-26(10-12-27)17-6-2-1-3-7-17/h1-8,13,19-21H,9-12,14-15H2,(H,30,31)(H,32,33)/t19-,20-,21-/m0/s1. The molecule has 0 aromatic heterocycles. The number of benzene rings is 2. The summed E-state index contributed by atoms with van der Waals surface area (Å²) in [6.07, 6.45) is -2.31. The molecule has 0 bridgehead atoms. The van der Waals surface area contributed by atoms with Crippen molar-refractivity contribution in [2.24, 2.45) is 5.92 Å². The zero-order chi connectivity index (χ0) is 24.2. The highest BCUT2D eigenvalue weighted by molar-refractivity contribution is 5.91. The normalized spacial score (nSPS) is 22.9. The summed E-state index contributed by atoms with van der Waals surface area (Å²) >= 11 is 0. The zero-order valence-electron chi connectivity index (χ0n) is 18.4. The molecule has 3 atom stereocenters. The predicted octanol–water partition coefficient (Wildman–Crippen LogP) is 2.38. The van der Waals surface area contributed by atoms with Crippen LogP contribution in [0.15, 0.2) is 54.6 Å². The molecular weight excluding hydrogens is 445 g/mol. The molecule has 0 aliphatic carbocycles. The molecule has 2 aliphatic rings. The van der Waals surface area contributed by atoms with Crippen LogP contribution in [-0.4, -0.2) is 82.9 Å². The highest BCUT2D eigenvalue weighted by Gasteiger charge is 2.48. The Labute approximate surface area is 195 Å². The second-order valence-electron chi connectivity index (χ2n) is 8.41. The molecule has 2 saturated heterocycles. The molecule has 0 unspecified atom stereocenters. The maximum absolute atomic E-state index is 13.5. The summed E-state index contributed by atoms with van der Waals surface area (Å²) in [5.74, 6) is -3.45. The van der Waals surface area contributed by atoms with Gasteiger partial charge in [0.05, 0.1) is 12.5 Å². The molecular formula is C24H26FN3O6. The Hall–Kier alpha value is -3.82. The Morgan fingerprint density at radius 3 is 2.26 bits per heavy atom. The van der Waals surface area contributed by atoms with Gasteiger partial charge in [-0.2, -0.15) is 0 Å². The minimum Gasteiger partial charge on any atom is -0.488 e. The van der Waals surface area contributed by atoms with E-state index in [0.717, 1.165) is 16.7 Å². The van der Waals surface area contributed by atoms with Gasteiger partial charge in [-0.3, -0.25) is 14.5 Å². The van der Waals surface area contributed by atoms with Crippen LogP contribution in [0.2, 0.25) is 0 Å². The number of para-hydroxylation sites is 1. The maximum Gasteiger partial charge on any atom is 0.408 e. The van der Waals surface area contributed by atoms with Crippen LogP contribution in [-0.2, 0) is 9.59 Å². The van der Waals surface area contributed by atoms with E-state index in [9.17, 15) is 29.0 Å². The number of carboxylic acid groups (broad SMARTS) is 2. The number of aliphatic carboxylic acids is 1. The molecule has 34 heavy (non-hydrogen) atoms. The second kappa shape index (κ2) is 9.98. The molecule has 2 aliphatic heterocycles. The lowest BCUT2D eigenvalue weighted by atomic mass is 9.86. The van der Waals surface area contributed by atoms with E-state index in [4.69, 9.17) is 4.74 Å². The summed E-state index contributed by atoms with van der Waals surface area (Å²) in [7, 11) is 0. The van der Waals surface area contributed by atoms with Gasteiger partial charge in [-0.05, 0) is 24.3 Å². The minimum absolute atomic E-state index is 0.0734. The lowest BCUT2D eigenvalue weighted by Gasteiger charge is -2.44. The van der Waals surface area contributed by atoms with Crippen molar-refractivity contribution >= 4 is 23.7 Å². The molecule has 2 aromatic carbocycles. The first kappa shape index (κ1) is 23.3. The number of likely N-dealkylation sites (tertiary alicyclic amines) is 1. The average molecular weight is 471 g/mol. The Morgan fingerprint density at radius 2 is 1.65 bits per heavy atom. The number of ether oxygens (including phenoxy) is 1. The van der Waals surface area contributed by atoms with Gasteiger partial charge in [0.1, 0.15) is 23.7 Å². The maximum atomic E-state index is 13.5. The number of carboxylic acids is 1. The van der Waals surface area contributed by atoms with Crippen LogP contribution < -0.4 is 9.64 Å². The summed E-state index contributed by atoms with van der Waals surface area (Å²) in [6.45, 7) is 1.62. The number of carbonyl (C=O) groups is 3. The van der Waals surface area contributed by atoms with E-state index in [1.54, 1.807) is 0 Å². The predicted molar refractivity (Wildman–Crippen MR) is 120 cm³/mol. The number of halogens is 1. The number of piperidine rings is 1. The number of carbonyl (C=O) groups excluding carboxylic acids is 1. The van der Waals surface area contributed by atoms with Crippen molar-refractivity contribution in [3.8, 4) is 5.75 Å². The quantitative estimate of drug-likeness (QED) is 0.689. The van der Waals surface area contributed by atoms with E-state index in [1.807, 2.05) is 30.3 Å². The number of nitrogens with zero attached hydrogens (tertiary/aromatic N) is 3. The summed E-state index contributed by atoms with van der Waals surface area (Å²) < 4.78 is 19.2. The monoisotopic (exact) mass is 471 g/mol. The molecule has 0 radical (unpaired) electrons.